The van der Waals surface area contributed by atoms with Crippen LogP contribution in [-0.4, -0.2) is 65.5 Å². The first-order chi connectivity index (χ1) is 16.6. The molecule has 0 bridgehead atoms. The number of rotatable bonds is 9. The van der Waals surface area contributed by atoms with Gasteiger partial charge in [-0.05, 0) is 42.8 Å². The number of carbonyl (C=O) groups excluding carboxylic acids is 2. The van der Waals surface area contributed by atoms with Crippen molar-refractivity contribution in [3.05, 3.63) is 73.0 Å². The van der Waals surface area contributed by atoms with Gasteiger partial charge in [-0.25, -0.2) is 9.37 Å². The zero-order chi connectivity index (χ0) is 23.8. The minimum Gasteiger partial charge on any atom is -0.468 e. The summed E-state index contributed by atoms with van der Waals surface area (Å²) in [7, 11) is 0. The van der Waals surface area contributed by atoms with Gasteiger partial charge in [0.15, 0.2) is 0 Å². The van der Waals surface area contributed by atoms with Gasteiger partial charge in [-0.15, -0.1) is 0 Å². The number of carbonyl (C=O) groups is 2. The number of aryl methyl sites for hydroxylation is 1. The molecule has 4 rings (SSSR count). The van der Waals surface area contributed by atoms with Crippen LogP contribution in [0.3, 0.4) is 0 Å². The van der Waals surface area contributed by atoms with Crippen molar-refractivity contribution in [1.82, 2.24) is 25.1 Å². The molecule has 1 atom stereocenters. The normalized spacial score (nSPS) is 15.1. The molecule has 3 heterocycles. The first-order valence-electron chi connectivity index (χ1n) is 11.4. The molecular weight excluding hydrogens is 439 g/mol. The van der Waals surface area contributed by atoms with E-state index in [1.807, 2.05) is 22.9 Å². The van der Waals surface area contributed by atoms with Crippen molar-refractivity contribution in [3.8, 4) is 0 Å². The van der Waals surface area contributed by atoms with Crippen molar-refractivity contribution in [2.75, 3.05) is 44.2 Å². The SMILES string of the molecule is O=C(NCCCn1ccnc1)C(=O)NC[C@@H](c1ccco1)N1CCN(c2ccc(F)cc2)CC1. The van der Waals surface area contributed by atoms with Crippen LogP contribution in [-0.2, 0) is 16.1 Å². The van der Waals surface area contributed by atoms with E-state index in [1.165, 1.54) is 12.1 Å². The number of benzene rings is 1. The van der Waals surface area contributed by atoms with E-state index >= 15 is 0 Å². The molecule has 0 unspecified atom stereocenters. The second-order valence-electron chi connectivity index (χ2n) is 8.15. The average molecular weight is 469 g/mol. The van der Waals surface area contributed by atoms with Gasteiger partial charge >= 0.3 is 11.8 Å². The van der Waals surface area contributed by atoms with Gasteiger partial charge in [-0.3, -0.25) is 14.5 Å². The minimum absolute atomic E-state index is 0.191. The van der Waals surface area contributed by atoms with Gasteiger partial charge < -0.3 is 24.5 Å². The monoisotopic (exact) mass is 468 g/mol. The topological polar surface area (TPSA) is 95.6 Å². The second-order valence-corrected chi connectivity index (χ2v) is 8.15. The molecule has 1 fully saturated rings. The standard InChI is InChI=1S/C24H29FN6O3/c25-19-4-6-20(7-5-19)30-12-14-31(15-13-30)21(22-3-1-16-34-22)17-28-24(33)23(32)27-8-2-10-29-11-9-26-18-29/h1,3-7,9,11,16,18,21H,2,8,10,12-15,17H2,(H,27,32)(H,28,33)/t21-/m0/s1. The third-order valence-corrected chi connectivity index (χ3v) is 5.92. The van der Waals surface area contributed by atoms with Crippen molar-refractivity contribution in [1.29, 1.82) is 0 Å². The number of hydrogen-bond acceptors (Lipinski definition) is 6. The minimum atomic E-state index is -0.663. The number of anilines is 1. The zero-order valence-electron chi connectivity index (χ0n) is 18.9. The van der Waals surface area contributed by atoms with Gasteiger partial charge in [-0.2, -0.15) is 0 Å². The highest BCUT2D eigenvalue weighted by Gasteiger charge is 2.28. The lowest BCUT2D eigenvalue weighted by atomic mass is 10.1. The molecule has 1 saturated heterocycles. The molecule has 0 saturated carbocycles. The molecule has 1 aliphatic heterocycles. The van der Waals surface area contributed by atoms with Crippen molar-refractivity contribution < 1.29 is 18.4 Å². The van der Waals surface area contributed by atoms with Crippen LogP contribution in [0.2, 0.25) is 0 Å². The summed E-state index contributed by atoms with van der Waals surface area (Å²) in [5.74, 6) is -0.830. The Hall–Kier alpha value is -3.66. The van der Waals surface area contributed by atoms with E-state index < -0.39 is 11.8 Å². The Morgan fingerprint density at radius 2 is 1.82 bits per heavy atom. The van der Waals surface area contributed by atoms with Crippen LogP contribution in [0, 0.1) is 5.82 Å². The fraction of sp³-hybridized carbons (Fsp3) is 0.375. The Morgan fingerprint density at radius 3 is 2.50 bits per heavy atom. The molecule has 0 aliphatic carbocycles. The van der Waals surface area contributed by atoms with Crippen LogP contribution in [0.4, 0.5) is 10.1 Å². The Kier molecular flexibility index (Phi) is 7.92. The average Bonchev–Trinajstić information content (AvgIpc) is 3.57. The highest BCUT2D eigenvalue weighted by molar-refractivity contribution is 6.35. The fourth-order valence-electron chi connectivity index (χ4n) is 4.07. The molecule has 2 amide bonds. The molecule has 2 N–H and O–H groups in total. The first-order valence-corrected chi connectivity index (χ1v) is 11.4. The molecule has 0 spiro atoms. The van der Waals surface area contributed by atoms with Crippen molar-refractivity contribution in [3.63, 3.8) is 0 Å². The lowest BCUT2D eigenvalue weighted by molar-refractivity contribution is -0.139. The maximum atomic E-state index is 13.2. The quantitative estimate of drug-likeness (QED) is 0.367. The maximum absolute atomic E-state index is 13.2. The number of halogens is 1. The number of imidazole rings is 1. The van der Waals surface area contributed by atoms with Gasteiger partial charge in [0.1, 0.15) is 11.6 Å². The third kappa shape index (κ3) is 6.22. The molecule has 0 radical (unpaired) electrons. The molecule has 180 valence electrons. The second kappa shape index (κ2) is 11.5. The van der Waals surface area contributed by atoms with Crippen LogP contribution in [0.5, 0.6) is 0 Å². The Morgan fingerprint density at radius 1 is 1.06 bits per heavy atom. The van der Waals surface area contributed by atoms with Crippen LogP contribution in [0.15, 0.2) is 65.8 Å². The third-order valence-electron chi connectivity index (χ3n) is 5.92. The molecule has 3 aromatic rings. The van der Waals surface area contributed by atoms with Crippen molar-refractivity contribution >= 4 is 17.5 Å². The Bertz CT molecular complexity index is 1030. The van der Waals surface area contributed by atoms with Crippen LogP contribution < -0.4 is 15.5 Å². The lowest BCUT2D eigenvalue weighted by Gasteiger charge is -2.39. The lowest BCUT2D eigenvalue weighted by Crippen LogP contribution is -2.50. The smallest absolute Gasteiger partial charge is 0.309 e. The molecule has 34 heavy (non-hydrogen) atoms. The number of hydrogen-bond donors (Lipinski definition) is 2. The summed E-state index contributed by atoms with van der Waals surface area (Å²) in [6, 6.07) is 9.98. The number of amides is 2. The molecule has 10 heteroatoms. The Balaban J connectivity index is 1.26. The van der Waals surface area contributed by atoms with Crippen LogP contribution in [0.1, 0.15) is 18.2 Å². The molecule has 1 aliphatic rings. The summed E-state index contributed by atoms with van der Waals surface area (Å²) < 4.78 is 20.8. The summed E-state index contributed by atoms with van der Waals surface area (Å²) in [4.78, 5) is 32.9. The van der Waals surface area contributed by atoms with Gasteiger partial charge in [0, 0.05) is 63.9 Å². The summed E-state index contributed by atoms with van der Waals surface area (Å²) in [5.41, 5.74) is 0.980. The van der Waals surface area contributed by atoms with Crippen molar-refractivity contribution in [2.45, 2.75) is 19.0 Å². The number of nitrogens with zero attached hydrogens (tertiary/aromatic N) is 4. The van der Waals surface area contributed by atoms with E-state index in [9.17, 15) is 14.0 Å². The highest BCUT2D eigenvalue weighted by Crippen LogP contribution is 2.24. The summed E-state index contributed by atoms with van der Waals surface area (Å²) in [6.45, 7) is 4.36. The van der Waals surface area contributed by atoms with E-state index in [-0.39, 0.29) is 18.4 Å². The number of piperazine rings is 1. The molecule has 9 nitrogen and oxygen atoms in total. The number of aromatic nitrogens is 2. The Labute approximate surface area is 197 Å². The molecule has 2 aromatic heterocycles. The van der Waals surface area contributed by atoms with E-state index in [4.69, 9.17) is 4.42 Å². The highest BCUT2D eigenvalue weighted by atomic mass is 19.1. The van der Waals surface area contributed by atoms with E-state index in [2.05, 4.69) is 25.4 Å². The number of furan rings is 1. The van der Waals surface area contributed by atoms with Crippen LogP contribution >= 0.6 is 0 Å². The largest absolute Gasteiger partial charge is 0.468 e. The van der Waals surface area contributed by atoms with E-state index in [0.29, 0.717) is 19.5 Å². The fourth-order valence-corrected chi connectivity index (χ4v) is 4.07. The zero-order valence-corrected chi connectivity index (χ0v) is 18.9. The van der Waals surface area contributed by atoms with Crippen molar-refractivity contribution in [2.24, 2.45) is 0 Å². The summed E-state index contributed by atoms with van der Waals surface area (Å²) >= 11 is 0. The predicted molar refractivity (Wildman–Crippen MR) is 124 cm³/mol. The van der Waals surface area contributed by atoms with Gasteiger partial charge in [0.25, 0.3) is 0 Å². The summed E-state index contributed by atoms with van der Waals surface area (Å²) in [5, 5.41) is 5.40. The van der Waals surface area contributed by atoms with Gasteiger partial charge in [-0.1, -0.05) is 0 Å². The number of nitrogens with one attached hydrogen (secondary N) is 2. The van der Waals surface area contributed by atoms with Gasteiger partial charge in [0.2, 0.25) is 0 Å². The van der Waals surface area contributed by atoms with E-state index in [0.717, 1.165) is 37.6 Å². The summed E-state index contributed by atoms with van der Waals surface area (Å²) in [6.07, 6.45) is 7.56. The predicted octanol–water partition coefficient (Wildman–Crippen LogP) is 1.80. The van der Waals surface area contributed by atoms with E-state index in [1.54, 1.807) is 30.9 Å². The van der Waals surface area contributed by atoms with Crippen LogP contribution in [0.25, 0.3) is 0 Å². The molecular formula is C24H29FN6O3. The van der Waals surface area contributed by atoms with Gasteiger partial charge in [0.05, 0.1) is 18.6 Å². The maximum Gasteiger partial charge on any atom is 0.309 e. The first kappa shape index (κ1) is 23.5. The molecule has 1 aromatic carbocycles.